The highest BCUT2D eigenvalue weighted by Gasteiger charge is 2.16. The maximum Gasteiger partial charge on any atom is 0.261 e. The van der Waals surface area contributed by atoms with E-state index < -0.39 is 5.91 Å². The van der Waals surface area contributed by atoms with E-state index in [1.807, 2.05) is 30.3 Å². The lowest BCUT2D eigenvalue weighted by molar-refractivity contribution is -0.118. The predicted molar refractivity (Wildman–Crippen MR) is 122 cm³/mol. The average molecular weight is 443 g/mol. The molecule has 3 aromatic heterocycles. The van der Waals surface area contributed by atoms with Gasteiger partial charge in [-0.1, -0.05) is 42.1 Å². The first-order valence-corrected chi connectivity index (χ1v) is 10.8. The molecule has 0 aliphatic rings. The van der Waals surface area contributed by atoms with E-state index in [2.05, 4.69) is 15.0 Å². The number of nitrogens with two attached hydrogens (primary N) is 1. The summed E-state index contributed by atoms with van der Waals surface area (Å²) in [5, 5.41) is 2.03. The Balaban J connectivity index is 1.59. The van der Waals surface area contributed by atoms with Crippen LogP contribution in [0.25, 0.3) is 33.4 Å². The van der Waals surface area contributed by atoms with Gasteiger partial charge in [0.2, 0.25) is 5.91 Å². The van der Waals surface area contributed by atoms with E-state index in [-0.39, 0.29) is 12.1 Å². The third kappa shape index (κ3) is 3.74. The smallest absolute Gasteiger partial charge is 0.261 e. The van der Waals surface area contributed by atoms with Crippen LogP contribution in [0, 0.1) is 0 Å². The zero-order valence-electron chi connectivity index (χ0n) is 16.8. The molecule has 1 amide bonds. The lowest BCUT2D eigenvalue weighted by Crippen LogP contribution is -2.31. The fourth-order valence-corrected chi connectivity index (χ4v) is 4.41. The number of hydrogen-bond acceptors (Lipinski definition) is 7. The zero-order chi connectivity index (χ0) is 22.1. The van der Waals surface area contributed by atoms with Crippen LogP contribution >= 0.6 is 11.8 Å². The summed E-state index contributed by atoms with van der Waals surface area (Å²) < 4.78 is 6.80. The second-order valence-electron chi connectivity index (χ2n) is 7.04. The van der Waals surface area contributed by atoms with Crippen LogP contribution in [0.3, 0.4) is 0 Å². The van der Waals surface area contributed by atoms with Gasteiger partial charge in [-0.05, 0) is 30.3 Å². The van der Waals surface area contributed by atoms with Crippen molar-refractivity contribution in [1.82, 2.24) is 19.5 Å². The second kappa shape index (κ2) is 8.27. The van der Waals surface area contributed by atoms with Crippen molar-refractivity contribution in [3.63, 3.8) is 0 Å². The van der Waals surface area contributed by atoms with Gasteiger partial charge in [-0.25, -0.2) is 15.0 Å². The van der Waals surface area contributed by atoms with Gasteiger partial charge in [0.25, 0.3) is 5.56 Å². The fraction of sp³-hybridized carbons (Fsp3) is 0.0870. The van der Waals surface area contributed by atoms with Crippen LogP contribution in [0.4, 0.5) is 0 Å². The van der Waals surface area contributed by atoms with Gasteiger partial charge in [-0.15, -0.1) is 0 Å². The Morgan fingerprint density at radius 2 is 1.66 bits per heavy atom. The Morgan fingerprint density at radius 3 is 2.38 bits per heavy atom. The lowest BCUT2D eigenvalue weighted by Gasteiger charge is -2.12. The van der Waals surface area contributed by atoms with Crippen LogP contribution in [0.5, 0.6) is 0 Å². The number of rotatable bonds is 6. The molecule has 0 bridgehead atoms. The van der Waals surface area contributed by atoms with Crippen molar-refractivity contribution in [3.8, 4) is 11.6 Å². The van der Waals surface area contributed by atoms with Crippen LogP contribution < -0.4 is 11.3 Å². The van der Waals surface area contributed by atoms with Gasteiger partial charge >= 0.3 is 0 Å². The van der Waals surface area contributed by atoms with Crippen LogP contribution in [0.15, 0.2) is 81.2 Å². The van der Waals surface area contributed by atoms with Crippen LogP contribution in [0.1, 0.15) is 5.82 Å². The van der Waals surface area contributed by atoms with E-state index in [1.165, 1.54) is 16.3 Å². The first-order valence-electron chi connectivity index (χ1n) is 9.80. The monoisotopic (exact) mass is 443 g/mol. The summed E-state index contributed by atoms with van der Waals surface area (Å²) in [5.41, 5.74) is 6.44. The van der Waals surface area contributed by atoms with E-state index in [9.17, 15) is 9.59 Å². The SMILES string of the molecule is NC(=O)Cn1c(CSc2nc(-c3ccco3)nc3ccccc23)nc2ccccc2c1=O. The minimum atomic E-state index is -0.608. The number of hydrogen-bond donors (Lipinski definition) is 1. The van der Waals surface area contributed by atoms with Gasteiger partial charge < -0.3 is 10.2 Å². The number of nitrogens with zero attached hydrogens (tertiary/aromatic N) is 4. The van der Waals surface area contributed by atoms with Crippen LogP contribution in [0.2, 0.25) is 0 Å². The summed E-state index contributed by atoms with van der Waals surface area (Å²) in [5.74, 6) is 1.18. The highest BCUT2D eigenvalue weighted by Crippen LogP contribution is 2.30. The Labute approximate surface area is 186 Å². The molecule has 0 saturated heterocycles. The number of primary amides is 1. The molecule has 0 aliphatic heterocycles. The van der Waals surface area contributed by atoms with E-state index in [0.717, 1.165) is 15.9 Å². The summed E-state index contributed by atoms with van der Waals surface area (Å²) in [7, 11) is 0. The van der Waals surface area contributed by atoms with Crippen LogP contribution in [-0.4, -0.2) is 25.4 Å². The molecule has 5 rings (SSSR count). The van der Waals surface area contributed by atoms with Gasteiger partial charge in [-0.3, -0.25) is 14.2 Å². The molecule has 0 aliphatic carbocycles. The highest BCUT2D eigenvalue weighted by molar-refractivity contribution is 7.98. The summed E-state index contributed by atoms with van der Waals surface area (Å²) in [4.78, 5) is 38.5. The zero-order valence-corrected chi connectivity index (χ0v) is 17.6. The number of para-hydroxylation sites is 2. The van der Waals surface area contributed by atoms with E-state index in [0.29, 0.717) is 34.1 Å². The Hall–Kier alpha value is -3.98. The van der Waals surface area contributed by atoms with Crippen molar-refractivity contribution in [2.24, 2.45) is 5.73 Å². The number of amides is 1. The molecule has 2 N–H and O–H groups in total. The van der Waals surface area contributed by atoms with Gasteiger partial charge in [0, 0.05) is 5.39 Å². The molecule has 0 spiro atoms. The number of carbonyl (C=O) groups excluding carboxylic acids is 1. The third-order valence-electron chi connectivity index (χ3n) is 4.90. The molecule has 158 valence electrons. The Kier molecular flexibility index (Phi) is 5.16. The maximum atomic E-state index is 13.0. The highest BCUT2D eigenvalue weighted by atomic mass is 32.2. The quantitative estimate of drug-likeness (QED) is 0.316. The molecule has 0 saturated carbocycles. The van der Waals surface area contributed by atoms with Gasteiger partial charge in [0.15, 0.2) is 11.6 Å². The topological polar surface area (TPSA) is 117 Å². The van der Waals surface area contributed by atoms with Crippen molar-refractivity contribution < 1.29 is 9.21 Å². The van der Waals surface area contributed by atoms with Gasteiger partial charge in [-0.2, -0.15) is 0 Å². The lowest BCUT2D eigenvalue weighted by atomic mass is 10.2. The third-order valence-corrected chi connectivity index (χ3v) is 5.89. The van der Waals surface area contributed by atoms with Crippen molar-refractivity contribution in [2.45, 2.75) is 17.3 Å². The first-order chi connectivity index (χ1) is 15.6. The van der Waals surface area contributed by atoms with Crippen molar-refractivity contribution in [3.05, 3.63) is 83.1 Å². The predicted octanol–water partition coefficient (Wildman–Crippen LogP) is 3.38. The number of aromatic nitrogens is 4. The average Bonchev–Trinajstić information content (AvgIpc) is 3.34. The Morgan fingerprint density at radius 1 is 0.938 bits per heavy atom. The number of carbonyl (C=O) groups is 1. The summed E-state index contributed by atoms with van der Waals surface area (Å²) in [6.45, 7) is -0.241. The molecular formula is C23H17N5O3S. The molecule has 0 radical (unpaired) electrons. The first kappa shape index (κ1) is 20.0. The molecular weight excluding hydrogens is 426 g/mol. The minimum Gasteiger partial charge on any atom is -0.461 e. The molecule has 2 aromatic carbocycles. The molecule has 32 heavy (non-hydrogen) atoms. The van der Waals surface area contributed by atoms with E-state index in [4.69, 9.17) is 10.2 Å². The molecule has 9 heteroatoms. The number of furan rings is 1. The standard InChI is InChI=1S/C23H17N5O3S/c24-19(29)12-28-20(25-17-9-4-2-7-15(17)23(28)30)13-32-22-14-6-1-3-8-16(14)26-21(27-22)18-10-5-11-31-18/h1-11H,12-13H2,(H2,24,29). The Bertz CT molecular complexity index is 1510. The van der Waals surface area contributed by atoms with Crippen molar-refractivity contribution in [2.75, 3.05) is 0 Å². The maximum absolute atomic E-state index is 13.0. The van der Waals surface area contributed by atoms with Crippen LogP contribution in [-0.2, 0) is 17.1 Å². The molecule has 0 atom stereocenters. The van der Waals surface area contributed by atoms with Gasteiger partial charge in [0.05, 0.1) is 28.4 Å². The van der Waals surface area contributed by atoms with Gasteiger partial charge in [0.1, 0.15) is 17.4 Å². The summed E-state index contributed by atoms with van der Waals surface area (Å²) >= 11 is 1.41. The van der Waals surface area contributed by atoms with Crippen molar-refractivity contribution >= 4 is 39.5 Å². The number of thioether (sulfide) groups is 1. The fourth-order valence-electron chi connectivity index (χ4n) is 3.45. The number of fused-ring (bicyclic) bond motifs is 2. The van der Waals surface area contributed by atoms with E-state index in [1.54, 1.807) is 36.6 Å². The number of benzene rings is 2. The largest absolute Gasteiger partial charge is 0.461 e. The molecule has 8 nitrogen and oxygen atoms in total. The molecule has 5 aromatic rings. The molecule has 3 heterocycles. The molecule has 0 unspecified atom stereocenters. The normalized spacial score (nSPS) is 11.2. The van der Waals surface area contributed by atoms with E-state index >= 15 is 0 Å². The summed E-state index contributed by atoms with van der Waals surface area (Å²) in [6, 6.07) is 18.3. The molecule has 0 fully saturated rings. The minimum absolute atomic E-state index is 0.241. The van der Waals surface area contributed by atoms with Crippen molar-refractivity contribution in [1.29, 1.82) is 0 Å². The second-order valence-corrected chi connectivity index (χ2v) is 8.00. The summed E-state index contributed by atoms with van der Waals surface area (Å²) in [6.07, 6.45) is 1.57.